The second kappa shape index (κ2) is 4.24. The number of nitrogen functional groups attached to an aromatic ring is 1. The molecule has 0 unspecified atom stereocenters. The molecule has 0 atom stereocenters. The Balaban J connectivity index is 2.16. The average Bonchev–Trinajstić information content (AvgIpc) is 2.97. The topological polar surface area (TPSA) is 72.5 Å². The molecule has 3 N–H and O–H groups in total. The molecule has 0 bridgehead atoms. The molecule has 3 rings (SSSR count). The number of anilines is 1. The van der Waals surface area contributed by atoms with E-state index in [4.69, 9.17) is 5.73 Å². The molecule has 96 valence electrons. The number of hydrogen-bond acceptors (Lipinski definition) is 3. The summed E-state index contributed by atoms with van der Waals surface area (Å²) in [5.41, 5.74) is 8.89. The van der Waals surface area contributed by atoms with E-state index in [1.807, 2.05) is 17.8 Å². The van der Waals surface area contributed by atoms with E-state index in [2.05, 4.69) is 15.2 Å². The summed E-state index contributed by atoms with van der Waals surface area (Å²) in [5, 5.41) is 6.88. The molecular formula is C13H12FN5. The molecule has 0 saturated heterocycles. The number of H-pyrrole nitrogens is 1. The van der Waals surface area contributed by atoms with Crippen molar-refractivity contribution in [1.29, 1.82) is 0 Å². The number of halogens is 1. The van der Waals surface area contributed by atoms with E-state index in [1.54, 1.807) is 18.5 Å². The lowest BCUT2D eigenvalue weighted by atomic mass is 10.0. The first kappa shape index (κ1) is 11.5. The maximum absolute atomic E-state index is 13.0. The van der Waals surface area contributed by atoms with Crippen LogP contribution < -0.4 is 5.73 Å². The number of aromatic nitrogens is 4. The Kier molecular flexibility index (Phi) is 2.56. The van der Waals surface area contributed by atoms with Crippen molar-refractivity contribution >= 4 is 5.82 Å². The number of nitrogens with two attached hydrogens (primary N) is 1. The quantitative estimate of drug-likeness (QED) is 0.739. The maximum atomic E-state index is 13.0. The second-order valence-corrected chi connectivity index (χ2v) is 4.29. The Labute approximate surface area is 108 Å². The number of nitrogens with zero attached hydrogens (tertiary/aromatic N) is 3. The summed E-state index contributed by atoms with van der Waals surface area (Å²) >= 11 is 0. The average molecular weight is 257 g/mol. The van der Waals surface area contributed by atoms with Crippen LogP contribution in [0.2, 0.25) is 0 Å². The van der Waals surface area contributed by atoms with E-state index in [1.165, 1.54) is 12.1 Å². The standard InChI is InChI=1S/C13H12FN5/c1-19-6-10(16-7-19)12-11(13(15)18-17-12)8-2-4-9(14)5-3-8/h2-7H,1H3,(H3,15,17,18). The summed E-state index contributed by atoms with van der Waals surface area (Å²) < 4.78 is 14.8. The van der Waals surface area contributed by atoms with Crippen LogP contribution in [-0.4, -0.2) is 19.7 Å². The Morgan fingerprint density at radius 3 is 2.63 bits per heavy atom. The summed E-state index contributed by atoms with van der Waals surface area (Å²) in [6.45, 7) is 0. The first-order valence-corrected chi connectivity index (χ1v) is 5.73. The number of aromatic amines is 1. The van der Waals surface area contributed by atoms with Gasteiger partial charge in [0.1, 0.15) is 11.5 Å². The molecule has 0 radical (unpaired) electrons. The first-order chi connectivity index (χ1) is 9.15. The fourth-order valence-electron chi connectivity index (χ4n) is 1.99. The second-order valence-electron chi connectivity index (χ2n) is 4.29. The van der Waals surface area contributed by atoms with Gasteiger partial charge in [0.15, 0.2) is 5.82 Å². The molecule has 2 heterocycles. The van der Waals surface area contributed by atoms with Gasteiger partial charge in [-0.1, -0.05) is 12.1 Å². The number of rotatable bonds is 2. The van der Waals surface area contributed by atoms with Crippen LogP contribution in [0.1, 0.15) is 0 Å². The van der Waals surface area contributed by atoms with Crippen LogP contribution in [-0.2, 0) is 7.05 Å². The summed E-state index contributed by atoms with van der Waals surface area (Å²) in [5.74, 6) is 0.0810. The fourth-order valence-corrected chi connectivity index (χ4v) is 1.99. The van der Waals surface area contributed by atoms with Crippen molar-refractivity contribution in [2.45, 2.75) is 0 Å². The largest absolute Gasteiger partial charge is 0.382 e. The monoisotopic (exact) mass is 257 g/mol. The highest BCUT2D eigenvalue weighted by Gasteiger charge is 2.16. The molecule has 0 saturated carbocycles. The number of benzene rings is 1. The van der Waals surface area contributed by atoms with Gasteiger partial charge in [-0.15, -0.1) is 0 Å². The van der Waals surface area contributed by atoms with Crippen LogP contribution in [0, 0.1) is 5.82 Å². The minimum atomic E-state index is -0.287. The van der Waals surface area contributed by atoms with Gasteiger partial charge in [-0.05, 0) is 17.7 Å². The maximum Gasteiger partial charge on any atom is 0.153 e. The summed E-state index contributed by atoms with van der Waals surface area (Å²) in [7, 11) is 1.88. The molecule has 0 amide bonds. The van der Waals surface area contributed by atoms with Gasteiger partial charge in [0, 0.05) is 13.2 Å². The first-order valence-electron chi connectivity index (χ1n) is 5.73. The van der Waals surface area contributed by atoms with Crippen LogP contribution in [0.5, 0.6) is 0 Å². The van der Waals surface area contributed by atoms with E-state index in [0.29, 0.717) is 5.82 Å². The lowest BCUT2D eigenvalue weighted by molar-refractivity contribution is 0.628. The van der Waals surface area contributed by atoms with Crippen molar-refractivity contribution in [3.05, 3.63) is 42.6 Å². The third-order valence-electron chi connectivity index (χ3n) is 2.89. The zero-order valence-electron chi connectivity index (χ0n) is 10.3. The van der Waals surface area contributed by atoms with Gasteiger partial charge in [-0.25, -0.2) is 9.37 Å². The predicted molar refractivity (Wildman–Crippen MR) is 70.6 cm³/mol. The van der Waals surface area contributed by atoms with Gasteiger partial charge in [0.2, 0.25) is 0 Å². The van der Waals surface area contributed by atoms with Gasteiger partial charge < -0.3 is 10.3 Å². The highest BCUT2D eigenvalue weighted by Crippen LogP contribution is 2.33. The Morgan fingerprint density at radius 2 is 2.00 bits per heavy atom. The Hall–Kier alpha value is -2.63. The van der Waals surface area contributed by atoms with Crippen molar-refractivity contribution in [3.8, 4) is 22.5 Å². The van der Waals surface area contributed by atoms with Gasteiger partial charge in [0.25, 0.3) is 0 Å². The fraction of sp³-hybridized carbons (Fsp3) is 0.0769. The molecule has 2 aromatic heterocycles. The molecule has 1 aromatic carbocycles. The smallest absolute Gasteiger partial charge is 0.153 e. The van der Waals surface area contributed by atoms with Crippen LogP contribution in [0.4, 0.5) is 10.2 Å². The van der Waals surface area contributed by atoms with Gasteiger partial charge in [0.05, 0.1) is 17.6 Å². The minimum absolute atomic E-state index is 0.287. The van der Waals surface area contributed by atoms with E-state index in [0.717, 1.165) is 22.5 Å². The lowest BCUT2D eigenvalue weighted by Crippen LogP contribution is -1.89. The molecule has 0 fully saturated rings. The number of hydrogen-bond donors (Lipinski definition) is 2. The van der Waals surface area contributed by atoms with E-state index < -0.39 is 0 Å². The van der Waals surface area contributed by atoms with Crippen LogP contribution >= 0.6 is 0 Å². The highest BCUT2D eigenvalue weighted by atomic mass is 19.1. The third-order valence-corrected chi connectivity index (χ3v) is 2.89. The Bertz CT molecular complexity index is 711. The van der Waals surface area contributed by atoms with Crippen LogP contribution in [0.3, 0.4) is 0 Å². The molecule has 3 aromatic rings. The molecule has 19 heavy (non-hydrogen) atoms. The SMILES string of the molecule is Cn1cnc(-c2[nH]nc(N)c2-c2ccc(F)cc2)c1. The van der Waals surface area contributed by atoms with Crippen molar-refractivity contribution in [3.63, 3.8) is 0 Å². The van der Waals surface area contributed by atoms with Crippen molar-refractivity contribution in [1.82, 2.24) is 19.7 Å². The van der Waals surface area contributed by atoms with Gasteiger partial charge >= 0.3 is 0 Å². The van der Waals surface area contributed by atoms with Crippen LogP contribution in [0.25, 0.3) is 22.5 Å². The van der Waals surface area contributed by atoms with E-state index in [-0.39, 0.29) is 5.82 Å². The third kappa shape index (κ3) is 1.97. The number of nitrogens with one attached hydrogen (secondary N) is 1. The summed E-state index contributed by atoms with van der Waals surface area (Å²) in [6.07, 6.45) is 3.56. The molecule has 0 aliphatic heterocycles. The zero-order chi connectivity index (χ0) is 13.4. The molecule has 6 heteroatoms. The van der Waals surface area contributed by atoms with Gasteiger partial charge in [-0.3, -0.25) is 5.10 Å². The molecule has 0 aliphatic rings. The zero-order valence-corrected chi connectivity index (χ0v) is 10.3. The predicted octanol–water partition coefficient (Wildman–Crippen LogP) is 2.20. The normalized spacial score (nSPS) is 10.8. The summed E-state index contributed by atoms with van der Waals surface area (Å²) in [4.78, 5) is 4.27. The molecule has 0 spiro atoms. The minimum Gasteiger partial charge on any atom is -0.382 e. The molecule has 0 aliphatic carbocycles. The van der Waals surface area contributed by atoms with Crippen molar-refractivity contribution in [2.24, 2.45) is 7.05 Å². The molecular weight excluding hydrogens is 245 g/mol. The highest BCUT2D eigenvalue weighted by molar-refractivity contribution is 5.86. The van der Waals surface area contributed by atoms with Crippen molar-refractivity contribution < 1.29 is 4.39 Å². The van der Waals surface area contributed by atoms with E-state index in [9.17, 15) is 4.39 Å². The number of aryl methyl sites for hydroxylation is 1. The lowest BCUT2D eigenvalue weighted by Gasteiger charge is -2.02. The Morgan fingerprint density at radius 1 is 1.26 bits per heavy atom. The van der Waals surface area contributed by atoms with E-state index >= 15 is 0 Å². The summed E-state index contributed by atoms with van der Waals surface area (Å²) in [6, 6.07) is 6.12. The van der Waals surface area contributed by atoms with Gasteiger partial charge in [-0.2, -0.15) is 5.10 Å². The van der Waals surface area contributed by atoms with Crippen LogP contribution in [0.15, 0.2) is 36.8 Å². The van der Waals surface area contributed by atoms with Crippen molar-refractivity contribution in [2.75, 3.05) is 5.73 Å². The number of imidazole rings is 1. The molecule has 5 nitrogen and oxygen atoms in total.